The summed E-state index contributed by atoms with van der Waals surface area (Å²) in [5, 5.41) is 47.3. The summed E-state index contributed by atoms with van der Waals surface area (Å²) in [7, 11) is 0. The fourth-order valence-electron chi connectivity index (χ4n) is 1.88. The Kier molecular flexibility index (Phi) is 4.23. The molecule has 1 heterocycles. The Morgan fingerprint density at radius 2 is 1.68 bits per heavy atom. The lowest BCUT2D eigenvalue weighted by atomic mass is 9.99. The molecule has 1 aliphatic rings. The third-order valence-electron chi connectivity index (χ3n) is 2.95. The van der Waals surface area contributed by atoms with Gasteiger partial charge in [0.1, 0.15) is 29.8 Å². The molecule has 0 unspecified atom stereocenters. The van der Waals surface area contributed by atoms with E-state index in [1.807, 2.05) is 0 Å². The van der Waals surface area contributed by atoms with Crippen LogP contribution in [0.3, 0.4) is 0 Å². The van der Waals surface area contributed by atoms with Gasteiger partial charge in [-0.1, -0.05) is 0 Å². The quantitative estimate of drug-likeness (QED) is 0.457. The van der Waals surface area contributed by atoms with E-state index >= 15 is 0 Å². The van der Waals surface area contributed by atoms with Crippen LogP contribution in [-0.4, -0.2) is 62.8 Å². The maximum Gasteiger partial charge on any atom is 0.195 e. The fourth-order valence-corrected chi connectivity index (χ4v) is 1.88. The number of phenols is 1. The Morgan fingerprint density at radius 1 is 1.05 bits per heavy atom. The van der Waals surface area contributed by atoms with E-state index in [0.717, 1.165) is 0 Å². The number of rotatable bonds is 3. The molecule has 7 heteroatoms. The minimum atomic E-state index is -1.48. The highest BCUT2D eigenvalue weighted by Crippen LogP contribution is 2.25. The van der Waals surface area contributed by atoms with Crippen molar-refractivity contribution in [2.45, 2.75) is 30.7 Å². The Hall–Kier alpha value is -1.38. The van der Waals surface area contributed by atoms with E-state index < -0.39 is 37.3 Å². The Balaban J connectivity index is 2.09. The van der Waals surface area contributed by atoms with Gasteiger partial charge in [-0.2, -0.15) is 0 Å². The van der Waals surface area contributed by atoms with Crippen molar-refractivity contribution < 1.29 is 35.0 Å². The van der Waals surface area contributed by atoms with E-state index in [1.165, 1.54) is 24.3 Å². The highest BCUT2D eigenvalue weighted by atomic mass is 16.7. The largest absolute Gasteiger partial charge is 0.508 e. The number of aliphatic hydroxyl groups is 4. The highest BCUT2D eigenvalue weighted by molar-refractivity contribution is 5.30. The molecule has 1 saturated heterocycles. The molecule has 0 spiro atoms. The van der Waals surface area contributed by atoms with Crippen molar-refractivity contribution in [2.24, 2.45) is 0 Å². The lowest BCUT2D eigenvalue weighted by molar-refractivity contribution is -0.280. The molecule has 1 aromatic carbocycles. The minimum absolute atomic E-state index is 0.0497. The molecule has 0 saturated carbocycles. The van der Waals surface area contributed by atoms with Crippen LogP contribution in [0.2, 0.25) is 0 Å². The lowest BCUT2D eigenvalue weighted by Gasteiger charge is -2.39. The fraction of sp³-hybridized carbons (Fsp3) is 0.500. The molecule has 0 bridgehead atoms. The predicted molar refractivity (Wildman–Crippen MR) is 62.5 cm³/mol. The number of benzene rings is 1. The van der Waals surface area contributed by atoms with Crippen LogP contribution in [0.1, 0.15) is 0 Å². The van der Waals surface area contributed by atoms with Crippen LogP contribution in [0, 0.1) is 0 Å². The van der Waals surface area contributed by atoms with Gasteiger partial charge in [0, 0.05) is 0 Å². The standard InChI is InChI=1S/C12H16O7/c13-5-8-9(15)10(16)11(12(17)19-8)18-7-3-1-6(14)2-4-7/h1-4,8-17H,5H2/t8-,9+,10+,11-,12-/m1/s1. The lowest BCUT2D eigenvalue weighted by Crippen LogP contribution is -2.60. The van der Waals surface area contributed by atoms with Crippen LogP contribution in [0.15, 0.2) is 24.3 Å². The van der Waals surface area contributed by atoms with Crippen molar-refractivity contribution in [1.29, 1.82) is 0 Å². The van der Waals surface area contributed by atoms with Crippen molar-refractivity contribution in [3.05, 3.63) is 24.3 Å². The molecule has 0 aromatic heterocycles. The molecular formula is C12H16O7. The molecule has 1 fully saturated rings. The van der Waals surface area contributed by atoms with Crippen LogP contribution in [0.4, 0.5) is 0 Å². The first-order chi connectivity index (χ1) is 9.02. The van der Waals surface area contributed by atoms with E-state index in [9.17, 15) is 15.3 Å². The maximum atomic E-state index is 9.85. The van der Waals surface area contributed by atoms with Crippen molar-refractivity contribution in [3.63, 3.8) is 0 Å². The van der Waals surface area contributed by atoms with Gasteiger partial charge < -0.3 is 35.0 Å². The monoisotopic (exact) mass is 272 g/mol. The number of ether oxygens (including phenoxy) is 2. The molecule has 0 radical (unpaired) electrons. The topological polar surface area (TPSA) is 120 Å². The normalized spacial score (nSPS) is 35.1. The van der Waals surface area contributed by atoms with Gasteiger partial charge in [-0.25, -0.2) is 0 Å². The minimum Gasteiger partial charge on any atom is -0.508 e. The summed E-state index contributed by atoms with van der Waals surface area (Å²) >= 11 is 0. The molecule has 0 aliphatic carbocycles. The third kappa shape index (κ3) is 2.96. The third-order valence-corrected chi connectivity index (χ3v) is 2.95. The first kappa shape index (κ1) is 14.0. The van der Waals surface area contributed by atoms with Crippen LogP contribution >= 0.6 is 0 Å². The van der Waals surface area contributed by atoms with E-state index in [1.54, 1.807) is 0 Å². The zero-order chi connectivity index (χ0) is 14.0. The van der Waals surface area contributed by atoms with Crippen LogP contribution in [0.25, 0.3) is 0 Å². The van der Waals surface area contributed by atoms with E-state index in [2.05, 4.69) is 0 Å². The van der Waals surface area contributed by atoms with Crippen molar-refractivity contribution in [1.82, 2.24) is 0 Å². The van der Waals surface area contributed by atoms with Gasteiger partial charge in [-0.05, 0) is 24.3 Å². The Labute approximate surface area is 109 Å². The predicted octanol–water partition coefficient (Wildman–Crippen LogP) is -1.43. The number of aromatic hydroxyl groups is 1. The maximum absolute atomic E-state index is 9.85. The first-order valence-electron chi connectivity index (χ1n) is 5.79. The molecular weight excluding hydrogens is 256 g/mol. The van der Waals surface area contributed by atoms with Gasteiger partial charge in [-0.15, -0.1) is 0 Å². The summed E-state index contributed by atoms with van der Waals surface area (Å²) in [5.74, 6) is 0.341. The van der Waals surface area contributed by atoms with Crippen LogP contribution in [-0.2, 0) is 4.74 Å². The summed E-state index contributed by atoms with van der Waals surface area (Å²) < 4.78 is 10.3. The Morgan fingerprint density at radius 3 is 2.26 bits per heavy atom. The second-order valence-electron chi connectivity index (χ2n) is 4.31. The zero-order valence-corrected chi connectivity index (χ0v) is 9.96. The average molecular weight is 272 g/mol. The molecule has 5 N–H and O–H groups in total. The number of phenolic OH excluding ortho intramolecular Hbond substituents is 1. The van der Waals surface area contributed by atoms with Gasteiger partial charge >= 0.3 is 0 Å². The second kappa shape index (κ2) is 5.72. The van der Waals surface area contributed by atoms with E-state index in [4.69, 9.17) is 19.7 Å². The van der Waals surface area contributed by atoms with Gasteiger partial charge in [-0.3, -0.25) is 0 Å². The number of hydrogen-bond acceptors (Lipinski definition) is 7. The average Bonchev–Trinajstić information content (AvgIpc) is 2.41. The number of hydrogen-bond donors (Lipinski definition) is 5. The first-order valence-corrected chi connectivity index (χ1v) is 5.79. The van der Waals surface area contributed by atoms with Crippen LogP contribution < -0.4 is 4.74 Å². The summed E-state index contributed by atoms with van der Waals surface area (Å²) in [5.41, 5.74) is 0. The number of aliphatic hydroxyl groups excluding tert-OH is 4. The summed E-state index contributed by atoms with van der Waals surface area (Å²) in [4.78, 5) is 0. The van der Waals surface area contributed by atoms with Gasteiger partial charge in [0.25, 0.3) is 0 Å². The smallest absolute Gasteiger partial charge is 0.195 e. The molecule has 5 atom stereocenters. The Bertz CT molecular complexity index is 407. The second-order valence-corrected chi connectivity index (χ2v) is 4.31. The van der Waals surface area contributed by atoms with Crippen LogP contribution in [0.5, 0.6) is 11.5 Å². The SMILES string of the molecule is OC[C@H]1O[C@@H](O)[C@H](Oc2ccc(O)cc2)[C@@H](O)[C@H]1O. The van der Waals surface area contributed by atoms with E-state index in [-0.39, 0.29) is 5.75 Å². The highest BCUT2D eigenvalue weighted by Gasteiger charge is 2.45. The van der Waals surface area contributed by atoms with Gasteiger partial charge in [0.2, 0.25) is 0 Å². The summed E-state index contributed by atoms with van der Waals surface area (Å²) in [6.45, 7) is -0.527. The molecule has 0 amide bonds. The van der Waals surface area contributed by atoms with Crippen molar-refractivity contribution in [3.8, 4) is 11.5 Å². The molecule has 2 rings (SSSR count). The molecule has 1 aliphatic heterocycles. The summed E-state index contributed by atoms with van der Waals surface area (Å²) in [6, 6.07) is 5.65. The van der Waals surface area contributed by atoms with E-state index in [0.29, 0.717) is 5.75 Å². The molecule has 1 aromatic rings. The molecule has 7 nitrogen and oxygen atoms in total. The molecule has 19 heavy (non-hydrogen) atoms. The van der Waals surface area contributed by atoms with Crippen molar-refractivity contribution >= 4 is 0 Å². The zero-order valence-electron chi connectivity index (χ0n) is 9.96. The van der Waals surface area contributed by atoms with Gasteiger partial charge in [0.15, 0.2) is 12.4 Å². The molecule has 106 valence electrons. The van der Waals surface area contributed by atoms with Gasteiger partial charge in [0.05, 0.1) is 6.61 Å². The summed E-state index contributed by atoms with van der Waals surface area (Å²) in [6.07, 6.45) is -6.51. The van der Waals surface area contributed by atoms with Crippen molar-refractivity contribution in [2.75, 3.05) is 6.61 Å².